The number of benzene rings is 1. The van der Waals surface area contributed by atoms with Gasteiger partial charge >= 0.3 is 6.03 Å². The van der Waals surface area contributed by atoms with Gasteiger partial charge in [-0.1, -0.05) is 18.2 Å². The number of urea groups is 1. The SMILES string of the molecule is Cc1c([C@H](C)NC(=O)N[C@@H]2CCO[C@H]2c2cnn(C(C)C)c2)oc2ccccc12. The van der Waals surface area contributed by atoms with E-state index in [2.05, 4.69) is 29.6 Å². The van der Waals surface area contributed by atoms with Gasteiger partial charge in [0.25, 0.3) is 0 Å². The van der Waals surface area contributed by atoms with E-state index in [1.165, 1.54) is 0 Å². The minimum absolute atomic E-state index is 0.0937. The van der Waals surface area contributed by atoms with E-state index < -0.39 is 0 Å². The first-order valence-corrected chi connectivity index (χ1v) is 10.1. The molecular formula is C22H28N4O3. The minimum Gasteiger partial charge on any atom is -0.459 e. The lowest BCUT2D eigenvalue weighted by Crippen LogP contribution is -2.44. The molecule has 1 aromatic carbocycles. The predicted octanol–water partition coefficient (Wildman–Crippen LogP) is 4.41. The van der Waals surface area contributed by atoms with Crippen molar-refractivity contribution >= 4 is 17.0 Å². The number of ether oxygens (including phenoxy) is 1. The number of carbonyl (C=O) groups is 1. The molecule has 29 heavy (non-hydrogen) atoms. The Kier molecular flexibility index (Phi) is 5.32. The fraction of sp³-hybridized carbons (Fsp3) is 0.455. The van der Waals surface area contributed by atoms with Crippen LogP contribution in [0.15, 0.2) is 41.1 Å². The van der Waals surface area contributed by atoms with Crippen molar-refractivity contribution in [1.29, 1.82) is 0 Å². The minimum atomic E-state index is -0.244. The zero-order valence-electron chi connectivity index (χ0n) is 17.3. The van der Waals surface area contributed by atoms with Gasteiger partial charge in [0.05, 0.1) is 18.3 Å². The number of fused-ring (bicyclic) bond motifs is 1. The Balaban J connectivity index is 1.42. The van der Waals surface area contributed by atoms with Gasteiger partial charge < -0.3 is 19.8 Å². The first-order valence-electron chi connectivity index (χ1n) is 10.1. The molecule has 1 aliphatic heterocycles. The molecule has 4 rings (SSSR count). The summed E-state index contributed by atoms with van der Waals surface area (Å²) in [5.41, 5.74) is 2.87. The van der Waals surface area contributed by atoms with Crippen LogP contribution >= 0.6 is 0 Å². The molecule has 7 heteroatoms. The van der Waals surface area contributed by atoms with Crippen LogP contribution in [0.3, 0.4) is 0 Å². The topological polar surface area (TPSA) is 81.3 Å². The smallest absolute Gasteiger partial charge is 0.315 e. The van der Waals surface area contributed by atoms with Crippen molar-refractivity contribution in [3.63, 3.8) is 0 Å². The van der Waals surface area contributed by atoms with Crippen LogP contribution < -0.4 is 10.6 Å². The lowest BCUT2D eigenvalue weighted by atomic mass is 10.1. The van der Waals surface area contributed by atoms with Crippen LogP contribution in [-0.2, 0) is 4.74 Å². The molecule has 2 N–H and O–H groups in total. The third-order valence-electron chi connectivity index (χ3n) is 5.51. The zero-order valence-corrected chi connectivity index (χ0v) is 17.3. The van der Waals surface area contributed by atoms with Crippen LogP contribution in [0.25, 0.3) is 11.0 Å². The molecular weight excluding hydrogens is 368 g/mol. The second kappa shape index (κ2) is 7.91. The van der Waals surface area contributed by atoms with Gasteiger partial charge in [-0.05, 0) is 40.2 Å². The Labute approximate surface area is 170 Å². The van der Waals surface area contributed by atoms with Crippen molar-refractivity contribution in [3.8, 4) is 0 Å². The summed E-state index contributed by atoms with van der Waals surface area (Å²) in [6.07, 6.45) is 4.40. The number of aromatic nitrogens is 2. The molecule has 1 aliphatic rings. The zero-order chi connectivity index (χ0) is 20.5. The molecule has 0 bridgehead atoms. The molecule has 3 heterocycles. The molecule has 154 valence electrons. The van der Waals surface area contributed by atoms with Gasteiger partial charge in [0, 0.05) is 35.4 Å². The Morgan fingerprint density at radius 1 is 1.28 bits per heavy atom. The van der Waals surface area contributed by atoms with Gasteiger partial charge in [0.1, 0.15) is 17.4 Å². The molecule has 3 aromatic rings. The average molecular weight is 396 g/mol. The third-order valence-corrected chi connectivity index (χ3v) is 5.51. The number of para-hydroxylation sites is 1. The molecule has 0 saturated carbocycles. The summed E-state index contributed by atoms with van der Waals surface area (Å²) in [7, 11) is 0. The number of rotatable bonds is 5. The van der Waals surface area contributed by atoms with Crippen molar-refractivity contribution in [2.45, 2.75) is 58.3 Å². The average Bonchev–Trinajstić information content (AvgIpc) is 3.40. The Hall–Kier alpha value is -2.80. The largest absolute Gasteiger partial charge is 0.459 e. The van der Waals surface area contributed by atoms with Gasteiger partial charge in [-0.15, -0.1) is 0 Å². The molecule has 2 amide bonds. The number of nitrogens with one attached hydrogen (secondary N) is 2. The predicted molar refractivity (Wildman–Crippen MR) is 111 cm³/mol. The fourth-order valence-corrected chi connectivity index (χ4v) is 3.93. The number of hydrogen-bond acceptors (Lipinski definition) is 4. The second-order valence-corrected chi connectivity index (χ2v) is 7.96. The van der Waals surface area contributed by atoms with Crippen LogP contribution in [0.1, 0.15) is 62.3 Å². The molecule has 1 saturated heterocycles. The summed E-state index contributed by atoms with van der Waals surface area (Å²) in [4.78, 5) is 12.7. The van der Waals surface area contributed by atoms with Gasteiger partial charge in [-0.25, -0.2) is 4.79 Å². The molecule has 2 aromatic heterocycles. The normalized spacial score (nSPS) is 20.3. The molecule has 0 unspecified atom stereocenters. The van der Waals surface area contributed by atoms with E-state index in [1.807, 2.05) is 55.2 Å². The highest BCUT2D eigenvalue weighted by Gasteiger charge is 2.32. The number of nitrogens with zero attached hydrogens (tertiary/aromatic N) is 2. The molecule has 0 radical (unpaired) electrons. The highest BCUT2D eigenvalue weighted by Crippen LogP contribution is 2.31. The van der Waals surface area contributed by atoms with Crippen molar-refractivity contribution in [3.05, 3.63) is 53.5 Å². The Morgan fingerprint density at radius 2 is 2.07 bits per heavy atom. The van der Waals surface area contributed by atoms with Crippen molar-refractivity contribution in [1.82, 2.24) is 20.4 Å². The Bertz CT molecular complexity index is 1010. The van der Waals surface area contributed by atoms with E-state index in [0.29, 0.717) is 6.61 Å². The summed E-state index contributed by atoms with van der Waals surface area (Å²) in [6, 6.07) is 7.62. The number of furan rings is 1. The maximum atomic E-state index is 12.7. The number of aryl methyl sites for hydroxylation is 1. The van der Waals surface area contributed by atoms with Crippen molar-refractivity contribution < 1.29 is 13.9 Å². The van der Waals surface area contributed by atoms with Crippen LogP contribution in [-0.4, -0.2) is 28.5 Å². The van der Waals surface area contributed by atoms with Crippen LogP contribution in [0.5, 0.6) is 0 Å². The van der Waals surface area contributed by atoms with Crippen LogP contribution in [0, 0.1) is 6.92 Å². The fourth-order valence-electron chi connectivity index (χ4n) is 3.93. The molecule has 0 aliphatic carbocycles. The van der Waals surface area contributed by atoms with Crippen LogP contribution in [0.4, 0.5) is 4.79 Å². The molecule has 3 atom stereocenters. The molecule has 1 fully saturated rings. The monoisotopic (exact) mass is 396 g/mol. The summed E-state index contributed by atoms with van der Waals surface area (Å²) >= 11 is 0. The van der Waals surface area contributed by atoms with Gasteiger partial charge in [0.2, 0.25) is 0 Å². The maximum Gasteiger partial charge on any atom is 0.315 e. The maximum absolute atomic E-state index is 12.7. The van der Waals surface area contributed by atoms with E-state index in [1.54, 1.807) is 0 Å². The van der Waals surface area contributed by atoms with Gasteiger partial charge in [-0.2, -0.15) is 5.10 Å². The summed E-state index contributed by atoms with van der Waals surface area (Å²) in [5, 5.41) is 11.5. The standard InChI is InChI=1S/C22H28N4O3/c1-13(2)26-12-16(11-23-26)21-18(9-10-28-21)25-22(27)24-15(4)20-14(3)17-7-5-6-8-19(17)29-20/h5-8,11-13,15,18,21H,9-10H2,1-4H3,(H2,24,25,27)/t15-,18+,21-/m0/s1. The lowest BCUT2D eigenvalue weighted by molar-refractivity contribution is 0.0997. The summed E-state index contributed by atoms with van der Waals surface area (Å²) in [6.45, 7) is 8.72. The quantitative estimate of drug-likeness (QED) is 0.669. The summed E-state index contributed by atoms with van der Waals surface area (Å²) in [5.74, 6) is 0.777. The summed E-state index contributed by atoms with van der Waals surface area (Å²) < 4.78 is 13.8. The number of amides is 2. The van der Waals surface area contributed by atoms with E-state index in [4.69, 9.17) is 9.15 Å². The number of carbonyl (C=O) groups excluding carboxylic acids is 1. The Morgan fingerprint density at radius 3 is 2.79 bits per heavy atom. The first kappa shape index (κ1) is 19.5. The second-order valence-electron chi connectivity index (χ2n) is 7.96. The molecule has 7 nitrogen and oxygen atoms in total. The van der Waals surface area contributed by atoms with Crippen molar-refractivity contribution in [2.24, 2.45) is 0 Å². The van der Waals surface area contributed by atoms with Crippen molar-refractivity contribution in [2.75, 3.05) is 6.61 Å². The van der Waals surface area contributed by atoms with E-state index in [-0.39, 0.29) is 30.3 Å². The third kappa shape index (κ3) is 3.87. The first-order chi connectivity index (χ1) is 13.9. The number of hydrogen-bond donors (Lipinski definition) is 2. The van der Waals surface area contributed by atoms with E-state index in [9.17, 15) is 4.79 Å². The lowest BCUT2D eigenvalue weighted by Gasteiger charge is -2.21. The van der Waals surface area contributed by atoms with Crippen LogP contribution in [0.2, 0.25) is 0 Å². The van der Waals surface area contributed by atoms with Gasteiger partial charge in [0.15, 0.2) is 0 Å². The molecule has 0 spiro atoms. The van der Waals surface area contributed by atoms with E-state index >= 15 is 0 Å². The highest BCUT2D eigenvalue weighted by molar-refractivity contribution is 5.82. The van der Waals surface area contributed by atoms with Gasteiger partial charge in [-0.3, -0.25) is 4.68 Å². The highest BCUT2D eigenvalue weighted by atomic mass is 16.5. The van der Waals surface area contributed by atoms with E-state index in [0.717, 1.165) is 34.3 Å².